The SMILES string of the molecule is N#Cc1c(F)cc(C=CCC(=O)O)cc1F. The normalized spacial score (nSPS) is 10.3. The second kappa shape index (κ2) is 5.03. The Kier molecular flexibility index (Phi) is 3.72. The van der Waals surface area contributed by atoms with Gasteiger partial charge in [0.1, 0.15) is 23.3 Å². The van der Waals surface area contributed by atoms with Crippen LogP contribution in [-0.2, 0) is 4.79 Å². The van der Waals surface area contributed by atoms with Crippen LogP contribution in [0.15, 0.2) is 18.2 Å². The minimum Gasteiger partial charge on any atom is -0.481 e. The van der Waals surface area contributed by atoms with Crippen molar-refractivity contribution in [2.24, 2.45) is 0 Å². The smallest absolute Gasteiger partial charge is 0.307 e. The molecule has 5 heteroatoms. The summed E-state index contributed by atoms with van der Waals surface area (Å²) in [6, 6.07) is 3.34. The predicted octanol–water partition coefficient (Wildman–Crippen LogP) is 2.32. The van der Waals surface area contributed by atoms with Crippen molar-refractivity contribution < 1.29 is 18.7 Å². The molecule has 0 amide bonds. The number of nitrogens with zero attached hydrogens (tertiary/aromatic N) is 1. The molecule has 3 nitrogen and oxygen atoms in total. The van der Waals surface area contributed by atoms with Crippen LogP contribution in [-0.4, -0.2) is 11.1 Å². The maximum atomic E-state index is 13.1. The number of carbonyl (C=O) groups is 1. The highest BCUT2D eigenvalue weighted by Gasteiger charge is 2.08. The quantitative estimate of drug-likeness (QED) is 0.855. The summed E-state index contributed by atoms with van der Waals surface area (Å²) in [5.41, 5.74) is -0.467. The Hall–Kier alpha value is -2.22. The summed E-state index contributed by atoms with van der Waals surface area (Å²) in [6.07, 6.45) is 2.31. The fourth-order valence-electron chi connectivity index (χ4n) is 1.09. The fourth-order valence-corrected chi connectivity index (χ4v) is 1.09. The van der Waals surface area contributed by atoms with Crippen LogP contribution in [0.25, 0.3) is 6.08 Å². The van der Waals surface area contributed by atoms with Crippen LogP contribution in [0.5, 0.6) is 0 Å². The van der Waals surface area contributed by atoms with Gasteiger partial charge in [0, 0.05) is 0 Å². The van der Waals surface area contributed by atoms with Gasteiger partial charge in [-0.2, -0.15) is 5.26 Å². The Labute approximate surface area is 90.2 Å². The van der Waals surface area contributed by atoms with Crippen molar-refractivity contribution in [3.8, 4) is 6.07 Å². The molecular formula is C11H7F2NO2. The number of nitriles is 1. The highest BCUT2D eigenvalue weighted by molar-refractivity contribution is 5.70. The lowest BCUT2D eigenvalue weighted by atomic mass is 10.1. The first-order valence-electron chi connectivity index (χ1n) is 4.32. The Morgan fingerprint density at radius 3 is 2.44 bits per heavy atom. The molecule has 1 N–H and O–H groups in total. The van der Waals surface area contributed by atoms with Gasteiger partial charge in [-0.25, -0.2) is 8.78 Å². The zero-order valence-electron chi connectivity index (χ0n) is 8.08. The molecule has 0 saturated heterocycles. The van der Waals surface area contributed by atoms with Crippen LogP contribution in [0.3, 0.4) is 0 Å². The van der Waals surface area contributed by atoms with E-state index >= 15 is 0 Å². The molecule has 1 aromatic carbocycles. The molecule has 0 aliphatic carbocycles. The first-order chi connectivity index (χ1) is 7.54. The monoisotopic (exact) mass is 223 g/mol. The maximum Gasteiger partial charge on any atom is 0.307 e. The molecule has 0 aromatic heterocycles. The average molecular weight is 223 g/mol. The van der Waals surface area contributed by atoms with Gasteiger partial charge in [-0.3, -0.25) is 4.79 Å². The second-order valence-electron chi connectivity index (χ2n) is 2.97. The lowest BCUT2D eigenvalue weighted by Gasteiger charge is -1.98. The van der Waals surface area contributed by atoms with Gasteiger partial charge in [0.25, 0.3) is 0 Å². The van der Waals surface area contributed by atoms with Crippen LogP contribution in [0.2, 0.25) is 0 Å². The number of halogens is 2. The van der Waals surface area contributed by atoms with Gasteiger partial charge in [0.2, 0.25) is 0 Å². The molecule has 0 saturated carbocycles. The van der Waals surface area contributed by atoms with Crippen molar-refractivity contribution in [3.05, 3.63) is 41.0 Å². The van der Waals surface area contributed by atoms with E-state index in [0.29, 0.717) is 0 Å². The largest absolute Gasteiger partial charge is 0.481 e. The van der Waals surface area contributed by atoms with Gasteiger partial charge in [-0.1, -0.05) is 12.2 Å². The van der Waals surface area contributed by atoms with E-state index in [1.54, 1.807) is 0 Å². The average Bonchev–Trinajstić information content (AvgIpc) is 2.16. The lowest BCUT2D eigenvalue weighted by molar-refractivity contribution is -0.135. The molecule has 82 valence electrons. The standard InChI is InChI=1S/C11H7F2NO2/c12-9-4-7(2-1-3-11(15)16)5-10(13)8(9)6-14/h1-2,4-5H,3H2,(H,15,16). The van der Waals surface area contributed by atoms with E-state index < -0.39 is 23.2 Å². The topological polar surface area (TPSA) is 61.1 Å². The lowest BCUT2D eigenvalue weighted by Crippen LogP contribution is -1.92. The highest BCUT2D eigenvalue weighted by Crippen LogP contribution is 2.15. The number of hydrogen-bond acceptors (Lipinski definition) is 2. The number of carboxylic acid groups (broad SMARTS) is 1. The van der Waals surface area contributed by atoms with Crippen LogP contribution >= 0.6 is 0 Å². The van der Waals surface area contributed by atoms with E-state index in [-0.39, 0.29) is 12.0 Å². The van der Waals surface area contributed by atoms with Gasteiger partial charge in [0.05, 0.1) is 6.42 Å². The molecule has 0 radical (unpaired) electrons. The minimum atomic E-state index is -1.04. The number of carboxylic acids is 1. The molecule has 0 heterocycles. The molecule has 0 aliphatic heterocycles. The van der Waals surface area contributed by atoms with E-state index in [4.69, 9.17) is 10.4 Å². The molecule has 0 atom stereocenters. The van der Waals surface area contributed by atoms with Crippen molar-refractivity contribution in [2.45, 2.75) is 6.42 Å². The Morgan fingerprint density at radius 2 is 2.00 bits per heavy atom. The van der Waals surface area contributed by atoms with Gasteiger partial charge in [0.15, 0.2) is 0 Å². The summed E-state index contributed by atoms with van der Waals surface area (Å²) in [7, 11) is 0. The van der Waals surface area contributed by atoms with Crippen LogP contribution in [0.1, 0.15) is 17.5 Å². The van der Waals surface area contributed by atoms with Gasteiger partial charge in [-0.15, -0.1) is 0 Å². The van der Waals surface area contributed by atoms with E-state index in [2.05, 4.69) is 0 Å². The Balaban J connectivity index is 2.97. The highest BCUT2D eigenvalue weighted by atomic mass is 19.1. The van der Waals surface area contributed by atoms with Crippen molar-refractivity contribution in [1.29, 1.82) is 5.26 Å². The molecule has 1 rings (SSSR count). The third kappa shape index (κ3) is 2.89. The van der Waals surface area contributed by atoms with E-state index in [1.165, 1.54) is 18.2 Å². The third-order valence-electron chi connectivity index (χ3n) is 1.78. The zero-order chi connectivity index (χ0) is 12.1. The third-order valence-corrected chi connectivity index (χ3v) is 1.78. The molecule has 0 aliphatic rings. The summed E-state index contributed by atoms with van der Waals surface area (Å²) < 4.78 is 26.2. The number of benzene rings is 1. The van der Waals surface area contributed by atoms with Crippen molar-refractivity contribution in [2.75, 3.05) is 0 Å². The molecular weight excluding hydrogens is 216 g/mol. The Morgan fingerprint density at radius 1 is 1.44 bits per heavy atom. The number of hydrogen-bond donors (Lipinski definition) is 1. The first kappa shape index (κ1) is 11.9. The van der Waals surface area contributed by atoms with E-state index in [0.717, 1.165) is 12.1 Å². The van der Waals surface area contributed by atoms with Crippen LogP contribution in [0, 0.1) is 23.0 Å². The van der Waals surface area contributed by atoms with E-state index in [9.17, 15) is 13.6 Å². The molecule has 0 fully saturated rings. The summed E-state index contributed by atoms with van der Waals surface area (Å²) in [6.45, 7) is 0. The van der Waals surface area contributed by atoms with Gasteiger partial charge < -0.3 is 5.11 Å². The van der Waals surface area contributed by atoms with Crippen molar-refractivity contribution in [1.82, 2.24) is 0 Å². The number of rotatable bonds is 3. The first-order valence-corrected chi connectivity index (χ1v) is 4.32. The second-order valence-corrected chi connectivity index (χ2v) is 2.97. The van der Waals surface area contributed by atoms with Gasteiger partial charge >= 0.3 is 5.97 Å². The minimum absolute atomic E-state index is 0.176. The van der Waals surface area contributed by atoms with Gasteiger partial charge in [-0.05, 0) is 17.7 Å². The van der Waals surface area contributed by atoms with Crippen LogP contribution < -0.4 is 0 Å². The van der Waals surface area contributed by atoms with E-state index in [1.807, 2.05) is 0 Å². The molecule has 0 spiro atoms. The molecule has 0 unspecified atom stereocenters. The summed E-state index contributed by atoms with van der Waals surface area (Å²) >= 11 is 0. The summed E-state index contributed by atoms with van der Waals surface area (Å²) in [4.78, 5) is 10.2. The summed E-state index contributed by atoms with van der Waals surface area (Å²) in [5, 5.41) is 16.8. The Bertz CT molecular complexity index is 466. The summed E-state index contributed by atoms with van der Waals surface area (Å²) in [5.74, 6) is -2.96. The maximum absolute atomic E-state index is 13.1. The fraction of sp³-hybridized carbons (Fsp3) is 0.0909. The van der Waals surface area contributed by atoms with Crippen molar-refractivity contribution >= 4 is 12.0 Å². The zero-order valence-corrected chi connectivity index (χ0v) is 8.08. The molecule has 0 bridgehead atoms. The number of aliphatic carboxylic acids is 1. The molecule has 16 heavy (non-hydrogen) atoms. The molecule has 1 aromatic rings. The van der Waals surface area contributed by atoms with Crippen molar-refractivity contribution in [3.63, 3.8) is 0 Å². The van der Waals surface area contributed by atoms with Crippen LogP contribution in [0.4, 0.5) is 8.78 Å². The predicted molar refractivity (Wildman–Crippen MR) is 52.4 cm³/mol.